The van der Waals surface area contributed by atoms with E-state index in [1.807, 2.05) is 31.2 Å². The quantitative estimate of drug-likeness (QED) is 0.922. The van der Waals surface area contributed by atoms with Gasteiger partial charge in [0.25, 0.3) is 0 Å². The van der Waals surface area contributed by atoms with Crippen LogP contribution < -0.4 is 5.43 Å². The van der Waals surface area contributed by atoms with E-state index in [0.29, 0.717) is 6.42 Å². The SMILES string of the molecule is Cc1ccccc1CC[C@H](N1CCC(=O)N1)C(F)(F)F. The molecule has 1 aliphatic heterocycles. The number of alkyl halides is 3. The van der Waals surface area contributed by atoms with Crippen LogP contribution in [0.15, 0.2) is 24.3 Å². The van der Waals surface area contributed by atoms with Gasteiger partial charge in [0, 0.05) is 13.0 Å². The van der Waals surface area contributed by atoms with Crippen LogP contribution in [0, 0.1) is 6.92 Å². The number of carbonyl (C=O) groups excluding carboxylic acids is 1. The molecule has 1 fully saturated rings. The number of rotatable bonds is 4. The maximum Gasteiger partial charge on any atom is 0.405 e. The van der Waals surface area contributed by atoms with Gasteiger partial charge in [0.2, 0.25) is 5.91 Å². The van der Waals surface area contributed by atoms with Crippen molar-refractivity contribution in [3.05, 3.63) is 35.4 Å². The lowest BCUT2D eigenvalue weighted by molar-refractivity contribution is -0.189. The van der Waals surface area contributed by atoms with Crippen molar-refractivity contribution in [2.24, 2.45) is 0 Å². The number of halogens is 3. The van der Waals surface area contributed by atoms with Crippen LogP contribution in [-0.4, -0.2) is 29.7 Å². The molecule has 2 rings (SSSR count). The van der Waals surface area contributed by atoms with Crippen LogP contribution in [-0.2, 0) is 11.2 Å². The third-order valence-electron chi connectivity index (χ3n) is 3.55. The lowest BCUT2D eigenvalue weighted by atomic mass is 10.0. The summed E-state index contributed by atoms with van der Waals surface area (Å²) < 4.78 is 39.3. The molecule has 0 unspecified atom stereocenters. The molecule has 1 aromatic carbocycles. The number of nitrogens with one attached hydrogen (secondary N) is 1. The molecular formula is C14H17F3N2O. The van der Waals surface area contributed by atoms with E-state index in [1.165, 1.54) is 0 Å². The fourth-order valence-corrected chi connectivity index (χ4v) is 2.41. The highest BCUT2D eigenvalue weighted by Gasteiger charge is 2.45. The van der Waals surface area contributed by atoms with Crippen molar-refractivity contribution < 1.29 is 18.0 Å². The second kappa shape index (κ2) is 5.83. The Hall–Kier alpha value is -1.56. The smallest absolute Gasteiger partial charge is 0.288 e. The van der Waals surface area contributed by atoms with Gasteiger partial charge in [0.15, 0.2) is 0 Å². The number of hydrogen-bond donors (Lipinski definition) is 1. The van der Waals surface area contributed by atoms with Gasteiger partial charge in [-0.1, -0.05) is 24.3 Å². The molecule has 1 aromatic rings. The van der Waals surface area contributed by atoms with Crippen LogP contribution in [0.25, 0.3) is 0 Å². The molecule has 1 aliphatic rings. The van der Waals surface area contributed by atoms with E-state index in [4.69, 9.17) is 0 Å². The molecule has 0 bridgehead atoms. The first-order valence-electron chi connectivity index (χ1n) is 6.55. The highest BCUT2D eigenvalue weighted by atomic mass is 19.4. The molecule has 0 aromatic heterocycles. The molecule has 3 nitrogen and oxygen atoms in total. The van der Waals surface area contributed by atoms with Gasteiger partial charge in [-0.3, -0.25) is 10.2 Å². The minimum absolute atomic E-state index is 0.0609. The zero-order valence-corrected chi connectivity index (χ0v) is 11.2. The number of amides is 1. The second-order valence-corrected chi connectivity index (χ2v) is 5.00. The Morgan fingerprint density at radius 3 is 2.60 bits per heavy atom. The zero-order valence-electron chi connectivity index (χ0n) is 11.2. The van der Waals surface area contributed by atoms with E-state index < -0.39 is 12.2 Å². The number of nitrogens with zero attached hydrogens (tertiary/aromatic N) is 1. The monoisotopic (exact) mass is 286 g/mol. The Morgan fingerprint density at radius 2 is 2.05 bits per heavy atom. The van der Waals surface area contributed by atoms with Gasteiger partial charge in [0.1, 0.15) is 6.04 Å². The summed E-state index contributed by atoms with van der Waals surface area (Å²) in [5.74, 6) is -0.352. The molecule has 1 saturated heterocycles. The summed E-state index contributed by atoms with van der Waals surface area (Å²) in [6.07, 6.45) is -3.95. The van der Waals surface area contributed by atoms with E-state index >= 15 is 0 Å². The van der Waals surface area contributed by atoms with Crippen molar-refractivity contribution in [3.63, 3.8) is 0 Å². The number of carbonyl (C=O) groups is 1. The first-order chi connectivity index (χ1) is 9.38. The van der Waals surface area contributed by atoms with E-state index in [-0.39, 0.29) is 25.3 Å². The largest absolute Gasteiger partial charge is 0.405 e. The fraction of sp³-hybridized carbons (Fsp3) is 0.500. The van der Waals surface area contributed by atoms with Crippen LogP contribution in [0.3, 0.4) is 0 Å². The molecule has 0 saturated carbocycles. The third-order valence-corrected chi connectivity index (χ3v) is 3.55. The number of aryl methyl sites for hydroxylation is 2. The molecule has 1 atom stereocenters. The number of hydrogen-bond acceptors (Lipinski definition) is 2. The van der Waals surface area contributed by atoms with Gasteiger partial charge in [-0.05, 0) is 30.9 Å². The molecule has 1 amide bonds. The summed E-state index contributed by atoms with van der Waals surface area (Å²) in [4.78, 5) is 11.1. The van der Waals surface area contributed by atoms with Crippen molar-refractivity contribution in [1.82, 2.24) is 10.4 Å². The average molecular weight is 286 g/mol. The zero-order chi connectivity index (χ0) is 14.8. The maximum absolute atomic E-state index is 13.1. The molecule has 0 radical (unpaired) electrons. The van der Waals surface area contributed by atoms with Crippen molar-refractivity contribution >= 4 is 5.91 Å². The summed E-state index contributed by atoms with van der Waals surface area (Å²) in [5.41, 5.74) is 4.18. The fourth-order valence-electron chi connectivity index (χ4n) is 2.41. The molecule has 0 aliphatic carbocycles. The summed E-state index contributed by atoms with van der Waals surface area (Å²) >= 11 is 0. The van der Waals surface area contributed by atoms with Crippen LogP contribution in [0.1, 0.15) is 24.0 Å². The summed E-state index contributed by atoms with van der Waals surface area (Å²) in [7, 11) is 0. The predicted octanol–water partition coefficient (Wildman–Crippen LogP) is 2.60. The topological polar surface area (TPSA) is 32.3 Å². The average Bonchev–Trinajstić information content (AvgIpc) is 2.76. The van der Waals surface area contributed by atoms with Crippen LogP contribution in [0.5, 0.6) is 0 Å². The molecule has 1 heterocycles. The Morgan fingerprint density at radius 1 is 1.35 bits per heavy atom. The lowest BCUT2D eigenvalue weighted by Crippen LogP contribution is -2.50. The molecule has 110 valence electrons. The van der Waals surface area contributed by atoms with Gasteiger partial charge in [-0.15, -0.1) is 0 Å². The first-order valence-corrected chi connectivity index (χ1v) is 6.55. The lowest BCUT2D eigenvalue weighted by Gasteiger charge is -2.29. The van der Waals surface area contributed by atoms with Gasteiger partial charge >= 0.3 is 6.18 Å². The van der Waals surface area contributed by atoms with Gasteiger partial charge < -0.3 is 0 Å². The van der Waals surface area contributed by atoms with Gasteiger partial charge in [-0.25, -0.2) is 5.01 Å². The Balaban J connectivity index is 2.05. The van der Waals surface area contributed by atoms with E-state index in [0.717, 1.165) is 16.1 Å². The van der Waals surface area contributed by atoms with Gasteiger partial charge in [-0.2, -0.15) is 13.2 Å². The minimum Gasteiger partial charge on any atom is -0.288 e. The Labute approximate surface area is 115 Å². The predicted molar refractivity (Wildman–Crippen MR) is 68.8 cm³/mol. The molecule has 20 heavy (non-hydrogen) atoms. The Bertz CT molecular complexity index is 488. The molecular weight excluding hydrogens is 269 g/mol. The second-order valence-electron chi connectivity index (χ2n) is 5.00. The highest BCUT2D eigenvalue weighted by Crippen LogP contribution is 2.29. The normalized spacial score (nSPS) is 18.1. The standard InChI is InChI=1S/C14H17F3N2O/c1-10-4-2-3-5-11(10)6-7-12(14(15,16)17)19-9-8-13(20)18-19/h2-5,12H,6-9H2,1H3,(H,18,20)/t12-/m0/s1. The molecule has 1 N–H and O–H groups in total. The van der Waals surface area contributed by atoms with E-state index in [9.17, 15) is 18.0 Å². The number of benzene rings is 1. The molecule has 6 heteroatoms. The minimum atomic E-state index is -4.35. The maximum atomic E-state index is 13.1. The van der Waals surface area contributed by atoms with Crippen LogP contribution in [0.4, 0.5) is 13.2 Å². The van der Waals surface area contributed by atoms with Crippen molar-refractivity contribution in [3.8, 4) is 0 Å². The van der Waals surface area contributed by atoms with Crippen molar-refractivity contribution in [1.29, 1.82) is 0 Å². The third kappa shape index (κ3) is 3.50. The van der Waals surface area contributed by atoms with Crippen molar-refractivity contribution in [2.75, 3.05) is 6.54 Å². The van der Waals surface area contributed by atoms with Gasteiger partial charge in [0.05, 0.1) is 0 Å². The highest BCUT2D eigenvalue weighted by molar-refractivity contribution is 5.77. The van der Waals surface area contributed by atoms with Crippen LogP contribution >= 0.6 is 0 Å². The number of hydrazine groups is 1. The summed E-state index contributed by atoms with van der Waals surface area (Å²) in [6.45, 7) is 1.99. The molecule has 0 spiro atoms. The van der Waals surface area contributed by atoms with Crippen LogP contribution in [0.2, 0.25) is 0 Å². The summed E-state index contributed by atoms with van der Waals surface area (Å²) in [5, 5.41) is 1.01. The van der Waals surface area contributed by atoms with E-state index in [2.05, 4.69) is 5.43 Å². The summed E-state index contributed by atoms with van der Waals surface area (Å²) in [6, 6.07) is 5.78. The Kier molecular flexibility index (Phi) is 4.32. The van der Waals surface area contributed by atoms with Crippen molar-refractivity contribution in [2.45, 2.75) is 38.4 Å². The first kappa shape index (κ1) is 14.8. The van der Waals surface area contributed by atoms with E-state index in [1.54, 1.807) is 0 Å².